The number of nitriles is 1. The summed E-state index contributed by atoms with van der Waals surface area (Å²) < 4.78 is 0. The third kappa shape index (κ3) is 7.34. The van der Waals surface area contributed by atoms with Gasteiger partial charge in [0.1, 0.15) is 6.54 Å². The fourth-order valence-corrected chi connectivity index (χ4v) is 1.54. The molecule has 0 bridgehead atoms. The van der Waals surface area contributed by atoms with Crippen LogP contribution in [-0.4, -0.2) is 24.4 Å². The fourth-order valence-electron chi connectivity index (χ4n) is 1.54. The Bertz CT molecular complexity index is 284. The van der Waals surface area contributed by atoms with Gasteiger partial charge in [0, 0.05) is 6.04 Å². The van der Waals surface area contributed by atoms with Crippen molar-refractivity contribution in [2.24, 2.45) is 0 Å². The topological polar surface area (TPSA) is 82.0 Å². The van der Waals surface area contributed by atoms with Crippen molar-refractivity contribution in [1.82, 2.24) is 10.6 Å². The Balaban J connectivity index is 4.10. The molecule has 0 aromatic carbocycles. The lowest BCUT2D eigenvalue weighted by Crippen LogP contribution is -2.44. The zero-order valence-electron chi connectivity index (χ0n) is 10.6. The lowest BCUT2D eigenvalue weighted by molar-refractivity contribution is -0.139. The van der Waals surface area contributed by atoms with Crippen molar-refractivity contribution in [1.29, 1.82) is 5.26 Å². The van der Waals surface area contributed by atoms with Gasteiger partial charge in [0.2, 0.25) is 0 Å². The van der Waals surface area contributed by atoms with E-state index in [-0.39, 0.29) is 12.6 Å². The summed E-state index contributed by atoms with van der Waals surface area (Å²) in [6, 6.07) is 1.81. The first kappa shape index (κ1) is 15.4. The predicted molar refractivity (Wildman–Crippen MR) is 65.0 cm³/mol. The molecule has 96 valence electrons. The van der Waals surface area contributed by atoms with Crippen molar-refractivity contribution in [3.05, 3.63) is 0 Å². The van der Waals surface area contributed by atoms with Gasteiger partial charge in [0.25, 0.3) is 0 Å². The monoisotopic (exact) mass is 239 g/mol. The maximum Gasteiger partial charge on any atom is 0.310 e. The summed E-state index contributed by atoms with van der Waals surface area (Å²) in [4.78, 5) is 22.7. The quantitative estimate of drug-likeness (QED) is 0.515. The molecule has 0 aromatic rings. The van der Waals surface area contributed by atoms with Gasteiger partial charge in [-0.05, 0) is 12.8 Å². The Morgan fingerprint density at radius 3 is 2.41 bits per heavy atom. The molecule has 1 unspecified atom stereocenters. The smallest absolute Gasteiger partial charge is 0.310 e. The summed E-state index contributed by atoms with van der Waals surface area (Å²) in [6.07, 6.45) is 4.83. The Labute approximate surface area is 103 Å². The van der Waals surface area contributed by atoms with E-state index >= 15 is 0 Å². The number of amides is 2. The van der Waals surface area contributed by atoms with E-state index in [9.17, 15) is 9.59 Å². The predicted octanol–water partition coefficient (Wildman–Crippen LogP) is 1.10. The van der Waals surface area contributed by atoms with Gasteiger partial charge in [-0.1, -0.05) is 33.1 Å². The molecule has 0 aliphatic carbocycles. The summed E-state index contributed by atoms with van der Waals surface area (Å²) in [5.74, 6) is -1.38. The molecule has 0 rings (SSSR count). The lowest BCUT2D eigenvalue weighted by atomic mass is 10.1. The summed E-state index contributed by atoms with van der Waals surface area (Å²) in [5, 5.41) is 13.2. The maximum atomic E-state index is 11.5. The molecule has 0 aliphatic rings. The third-order valence-corrected chi connectivity index (χ3v) is 2.41. The molecule has 2 amide bonds. The zero-order chi connectivity index (χ0) is 13.1. The minimum absolute atomic E-state index is 0.0558. The molecule has 2 N–H and O–H groups in total. The van der Waals surface area contributed by atoms with Crippen LogP contribution in [0.1, 0.15) is 46.0 Å². The molecule has 0 spiro atoms. The minimum Gasteiger partial charge on any atom is -0.345 e. The van der Waals surface area contributed by atoms with Gasteiger partial charge < -0.3 is 10.6 Å². The number of hydrogen-bond donors (Lipinski definition) is 2. The number of unbranched alkanes of at least 4 members (excludes halogenated alkanes) is 1. The highest BCUT2D eigenvalue weighted by atomic mass is 16.2. The Kier molecular flexibility index (Phi) is 8.75. The van der Waals surface area contributed by atoms with Crippen LogP contribution in [0.3, 0.4) is 0 Å². The van der Waals surface area contributed by atoms with Crippen molar-refractivity contribution in [3.8, 4) is 6.07 Å². The van der Waals surface area contributed by atoms with Crippen LogP contribution in [0.4, 0.5) is 0 Å². The first-order valence-electron chi connectivity index (χ1n) is 6.11. The SMILES string of the molecule is CCCCC(CCC)NC(=O)C(=O)NCC#N. The molecule has 0 saturated heterocycles. The highest BCUT2D eigenvalue weighted by Crippen LogP contribution is 2.06. The van der Waals surface area contributed by atoms with E-state index in [4.69, 9.17) is 5.26 Å². The number of hydrogen-bond acceptors (Lipinski definition) is 3. The van der Waals surface area contributed by atoms with Crippen LogP contribution in [0.5, 0.6) is 0 Å². The van der Waals surface area contributed by atoms with Crippen molar-refractivity contribution < 1.29 is 9.59 Å². The molecule has 0 aliphatic heterocycles. The number of nitrogens with zero attached hydrogens (tertiary/aromatic N) is 1. The standard InChI is InChI=1S/C12H21N3O2/c1-3-5-7-10(6-4-2)15-12(17)11(16)14-9-8-13/h10H,3-7,9H2,1-2H3,(H,14,16)(H,15,17). The molecule has 0 aromatic heterocycles. The molecule has 17 heavy (non-hydrogen) atoms. The second-order valence-corrected chi connectivity index (χ2v) is 3.94. The van der Waals surface area contributed by atoms with Crippen LogP contribution in [0, 0.1) is 11.3 Å². The van der Waals surface area contributed by atoms with Gasteiger partial charge in [0.05, 0.1) is 6.07 Å². The Morgan fingerprint density at radius 1 is 1.18 bits per heavy atom. The minimum atomic E-state index is -0.732. The average molecular weight is 239 g/mol. The largest absolute Gasteiger partial charge is 0.345 e. The van der Waals surface area contributed by atoms with Crippen molar-refractivity contribution in [3.63, 3.8) is 0 Å². The number of nitrogens with one attached hydrogen (secondary N) is 2. The Morgan fingerprint density at radius 2 is 1.88 bits per heavy atom. The van der Waals surface area contributed by atoms with E-state index in [0.29, 0.717) is 0 Å². The van der Waals surface area contributed by atoms with E-state index in [1.807, 2.05) is 6.92 Å². The molecule has 0 fully saturated rings. The number of rotatable bonds is 7. The fraction of sp³-hybridized carbons (Fsp3) is 0.750. The summed E-state index contributed by atoms with van der Waals surface area (Å²) in [6.45, 7) is 3.99. The second-order valence-electron chi connectivity index (χ2n) is 3.94. The van der Waals surface area contributed by atoms with Crippen molar-refractivity contribution in [2.75, 3.05) is 6.54 Å². The first-order valence-corrected chi connectivity index (χ1v) is 6.11. The van der Waals surface area contributed by atoms with Crippen LogP contribution >= 0.6 is 0 Å². The first-order chi connectivity index (χ1) is 8.15. The van der Waals surface area contributed by atoms with E-state index in [1.54, 1.807) is 6.07 Å². The van der Waals surface area contributed by atoms with Crippen LogP contribution in [0.25, 0.3) is 0 Å². The molecule has 0 radical (unpaired) electrons. The summed E-state index contributed by atoms with van der Waals surface area (Å²) >= 11 is 0. The van der Waals surface area contributed by atoms with Gasteiger partial charge >= 0.3 is 11.8 Å². The van der Waals surface area contributed by atoms with E-state index in [1.165, 1.54) is 0 Å². The summed E-state index contributed by atoms with van der Waals surface area (Å²) in [7, 11) is 0. The highest BCUT2D eigenvalue weighted by Gasteiger charge is 2.17. The van der Waals surface area contributed by atoms with Crippen molar-refractivity contribution in [2.45, 2.75) is 52.0 Å². The van der Waals surface area contributed by atoms with Crippen LogP contribution < -0.4 is 10.6 Å². The van der Waals surface area contributed by atoms with E-state index in [2.05, 4.69) is 17.6 Å². The molecule has 0 saturated carbocycles. The van der Waals surface area contributed by atoms with E-state index < -0.39 is 11.8 Å². The molecular weight excluding hydrogens is 218 g/mol. The number of carbonyl (C=O) groups is 2. The van der Waals surface area contributed by atoms with Gasteiger partial charge in [0.15, 0.2) is 0 Å². The van der Waals surface area contributed by atoms with Crippen LogP contribution in [0.2, 0.25) is 0 Å². The van der Waals surface area contributed by atoms with Gasteiger partial charge in [-0.3, -0.25) is 9.59 Å². The molecule has 1 atom stereocenters. The highest BCUT2D eigenvalue weighted by molar-refractivity contribution is 6.35. The van der Waals surface area contributed by atoms with Gasteiger partial charge in [-0.15, -0.1) is 0 Å². The van der Waals surface area contributed by atoms with E-state index in [0.717, 1.165) is 32.1 Å². The van der Waals surface area contributed by atoms with Crippen molar-refractivity contribution >= 4 is 11.8 Å². The number of carbonyl (C=O) groups excluding carboxylic acids is 2. The van der Waals surface area contributed by atoms with Crippen LogP contribution in [0.15, 0.2) is 0 Å². The zero-order valence-corrected chi connectivity index (χ0v) is 10.6. The third-order valence-electron chi connectivity index (χ3n) is 2.41. The van der Waals surface area contributed by atoms with Gasteiger partial charge in [-0.25, -0.2) is 0 Å². The Hall–Kier alpha value is -1.57. The molecule has 5 heteroatoms. The average Bonchev–Trinajstić information content (AvgIpc) is 2.33. The lowest BCUT2D eigenvalue weighted by Gasteiger charge is -2.17. The second kappa shape index (κ2) is 9.64. The molecule has 0 heterocycles. The van der Waals surface area contributed by atoms with Gasteiger partial charge in [-0.2, -0.15) is 5.26 Å². The van der Waals surface area contributed by atoms with Crippen LogP contribution in [-0.2, 0) is 9.59 Å². The molecule has 5 nitrogen and oxygen atoms in total. The maximum absolute atomic E-state index is 11.5. The summed E-state index contributed by atoms with van der Waals surface area (Å²) in [5.41, 5.74) is 0. The normalized spacial score (nSPS) is 11.4. The molecular formula is C12H21N3O2.